The van der Waals surface area contributed by atoms with Gasteiger partial charge in [-0.3, -0.25) is 4.79 Å². The first-order chi connectivity index (χ1) is 9.11. The summed E-state index contributed by atoms with van der Waals surface area (Å²) in [5.41, 5.74) is 2.78. The van der Waals surface area contributed by atoms with Crippen LogP contribution in [0.1, 0.15) is 25.3 Å². The molecule has 5 heteroatoms. The molecule has 0 atom stereocenters. The number of aryl methyl sites for hydroxylation is 1. The first-order valence-electron chi connectivity index (χ1n) is 6.56. The number of nitrogens with zero attached hydrogens (tertiary/aromatic N) is 1. The monoisotopic (exact) mass is 261 g/mol. The Morgan fingerprint density at radius 1 is 1.37 bits per heavy atom. The third kappa shape index (κ3) is 3.05. The van der Waals surface area contributed by atoms with Crippen LogP contribution in [0.2, 0.25) is 0 Å². The van der Waals surface area contributed by atoms with Crippen molar-refractivity contribution in [2.45, 2.75) is 26.2 Å². The molecule has 102 valence electrons. The smallest absolute Gasteiger partial charge is 0.319 e. The Morgan fingerprint density at radius 2 is 2.16 bits per heavy atom. The van der Waals surface area contributed by atoms with Gasteiger partial charge in [-0.2, -0.15) is 0 Å². The Labute approximate surface area is 113 Å². The van der Waals surface area contributed by atoms with Gasteiger partial charge in [0.25, 0.3) is 0 Å². The van der Waals surface area contributed by atoms with Gasteiger partial charge >= 0.3 is 6.03 Å². The third-order valence-electron chi connectivity index (χ3n) is 3.22. The van der Waals surface area contributed by atoms with Crippen LogP contribution in [0.25, 0.3) is 0 Å². The van der Waals surface area contributed by atoms with E-state index >= 15 is 0 Å². The number of carbonyl (C=O) groups is 2. The van der Waals surface area contributed by atoms with Gasteiger partial charge in [0.05, 0.1) is 0 Å². The summed E-state index contributed by atoms with van der Waals surface area (Å²) in [6.07, 6.45) is 2.16. The highest BCUT2D eigenvalue weighted by Crippen LogP contribution is 2.29. The van der Waals surface area contributed by atoms with E-state index in [9.17, 15) is 9.59 Å². The molecule has 0 aliphatic carbocycles. The predicted octanol–water partition coefficient (Wildman–Crippen LogP) is 2.13. The molecule has 1 aromatic carbocycles. The van der Waals surface area contributed by atoms with Crippen molar-refractivity contribution in [3.63, 3.8) is 0 Å². The number of nitrogens with one attached hydrogen (secondary N) is 2. The molecule has 2 rings (SSSR count). The Morgan fingerprint density at radius 3 is 2.89 bits per heavy atom. The summed E-state index contributed by atoms with van der Waals surface area (Å²) in [4.78, 5) is 24.8. The minimum atomic E-state index is -0.193. The van der Waals surface area contributed by atoms with Gasteiger partial charge < -0.3 is 15.5 Å². The zero-order valence-corrected chi connectivity index (χ0v) is 11.3. The van der Waals surface area contributed by atoms with E-state index < -0.39 is 0 Å². The minimum absolute atomic E-state index is 0.133. The Kier molecular flexibility index (Phi) is 4.04. The summed E-state index contributed by atoms with van der Waals surface area (Å²) < 4.78 is 0. The third-order valence-corrected chi connectivity index (χ3v) is 3.22. The van der Waals surface area contributed by atoms with Crippen molar-refractivity contribution in [3.8, 4) is 0 Å². The van der Waals surface area contributed by atoms with Gasteiger partial charge in [-0.05, 0) is 36.6 Å². The standard InChI is InChI=1S/C14H19N3O2/c1-3-8-15-14(19)16-11-5-6-12-10(9-11)4-7-13(18)17(12)2/h5-6,9H,3-4,7-8H2,1-2H3,(H2,15,16,19). The van der Waals surface area contributed by atoms with Gasteiger partial charge in [0.15, 0.2) is 0 Å². The maximum atomic E-state index is 11.6. The van der Waals surface area contributed by atoms with Crippen molar-refractivity contribution in [1.82, 2.24) is 5.32 Å². The number of rotatable bonds is 3. The lowest BCUT2D eigenvalue weighted by Gasteiger charge is -2.26. The normalized spacial score (nSPS) is 14.0. The fourth-order valence-corrected chi connectivity index (χ4v) is 2.15. The van der Waals surface area contributed by atoms with Crippen LogP contribution < -0.4 is 15.5 Å². The van der Waals surface area contributed by atoms with Crippen LogP contribution in [0.4, 0.5) is 16.2 Å². The average Bonchev–Trinajstić information content (AvgIpc) is 2.41. The average molecular weight is 261 g/mol. The first kappa shape index (κ1) is 13.4. The highest BCUT2D eigenvalue weighted by atomic mass is 16.2. The number of hydrogen-bond donors (Lipinski definition) is 2. The molecule has 2 N–H and O–H groups in total. The van der Waals surface area contributed by atoms with Crippen LogP contribution >= 0.6 is 0 Å². The van der Waals surface area contributed by atoms with Crippen molar-refractivity contribution in [1.29, 1.82) is 0 Å². The second-order valence-electron chi connectivity index (χ2n) is 4.68. The second-order valence-corrected chi connectivity index (χ2v) is 4.68. The van der Waals surface area contributed by atoms with Gasteiger partial charge in [-0.25, -0.2) is 4.79 Å². The Hall–Kier alpha value is -2.04. The highest BCUT2D eigenvalue weighted by molar-refractivity contribution is 5.97. The maximum absolute atomic E-state index is 11.6. The summed E-state index contributed by atoms with van der Waals surface area (Å²) in [5.74, 6) is 0.133. The van der Waals surface area contributed by atoms with E-state index in [1.165, 1.54) is 0 Å². The quantitative estimate of drug-likeness (QED) is 0.875. The van der Waals surface area contributed by atoms with Gasteiger partial charge in [0.1, 0.15) is 0 Å². The number of anilines is 2. The van der Waals surface area contributed by atoms with Crippen LogP contribution in [0, 0.1) is 0 Å². The topological polar surface area (TPSA) is 61.4 Å². The lowest BCUT2D eigenvalue weighted by molar-refractivity contribution is -0.118. The largest absolute Gasteiger partial charge is 0.338 e. The van der Waals surface area contributed by atoms with Crippen molar-refractivity contribution < 1.29 is 9.59 Å². The molecule has 0 spiro atoms. The van der Waals surface area contributed by atoms with Gasteiger partial charge in [0.2, 0.25) is 5.91 Å². The van der Waals surface area contributed by atoms with Gasteiger partial charge in [-0.15, -0.1) is 0 Å². The summed E-state index contributed by atoms with van der Waals surface area (Å²) in [6.45, 7) is 2.67. The summed E-state index contributed by atoms with van der Waals surface area (Å²) in [7, 11) is 1.78. The highest BCUT2D eigenvalue weighted by Gasteiger charge is 2.20. The van der Waals surface area contributed by atoms with E-state index in [0.29, 0.717) is 13.0 Å². The van der Waals surface area contributed by atoms with Crippen LogP contribution in [0.15, 0.2) is 18.2 Å². The van der Waals surface area contributed by atoms with E-state index in [0.717, 1.165) is 29.8 Å². The molecular formula is C14H19N3O2. The number of amides is 3. The lowest BCUT2D eigenvalue weighted by atomic mass is 10.0. The van der Waals surface area contributed by atoms with Crippen molar-refractivity contribution in [2.75, 3.05) is 23.8 Å². The summed E-state index contributed by atoms with van der Waals surface area (Å²) in [6, 6.07) is 5.44. The molecule has 0 unspecified atom stereocenters. The maximum Gasteiger partial charge on any atom is 0.319 e. The van der Waals surface area contributed by atoms with Crippen molar-refractivity contribution in [2.24, 2.45) is 0 Å². The van der Waals surface area contributed by atoms with Crippen LogP contribution in [0.3, 0.4) is 0 Å². The van der Waals surface area contributed by atoms with Gasteiger partial charge in [0, 0.05) is 31.4 Å². The van der Waals surface area contributed by atoms with Crippen LogP contribution in [0.5, 0.6) is 0 Å². The molecule has 0 bridgehead atoms. The molecule has 0 aromatic heterocycles. The molecule has 19 heavy (non-hydrogen) atoms. The fraction of sp³-hybridized carbons (Fsp3) is 0.429. The molecule has 1 aliphatic heterocycles. The van der Waals surface area contributed by atoms with E-state index in [-0.39, 0.29) is 11.9 Å². The molecule has 0 radical (unpaired) electrons. The SMILES string of the molecule is CCCNC(=O)Nc1ccc2c(c1)CCC(=O)N2C. The molecule has 0 fully saturated rings. The predicted molar refractivity (Wildman–Crippen MR) is 75.5 cm³/mol. The van der Waals surface area contributed by atoms with Gasteiger partial charge in [-0.1, -0.05) is 6.92 Å². The molecule has 0 saturated carbocycles. The molecule has 1 aliphatic rings. The van der Waals surface area contributed by atoms with Crippen LogP contribution in [-0.4, -0.2) is 25.5 Å². The lowest BCUT2D eigenvalue weighted by Crippen LogP contribution is -2.31. The van der Waals surface area contributed by atoms with E-state index in [2.05, 4.69) is 10.6 Å². The minimum Gasteiger partial charge on any atom is -0.338 e. The Balaban J connectivity index is 2.09. The summed E-state index contributed by atoms with van der Waals surface area (Å²) in [5, 5.41) is 5.56. The number of urea groups is 1. The summed E-state index contributed by atoms with van der Waals surface area (Å²) >= 11 is 0. The Bertz CT molecular complexity index is 499. The number of fused-ring (bicyclic) bond motifs is 1. The second kappa shape index (κ2) is 5.73. The van der Waals surface area contributed by atoms with E-state index in [1.54, 1.807) is 11.9 Å². The van der Waals surface area contributed by atoms with Crippen molar-refractivity contribution in [3.05, 3.63) is 23.8 Å². The van der Waals surface area contributed by atoms with Crippen molar-refractivity contribution >= 4 is 23.3 Å². The zero-order valence-electron chi connectivity index (χ0n) is 11.3. The van der Waals surface area contributed by atoms with Crippen LogP contribution in [-0.2, 0) is 11.2 Å². The van der Waals surface area contributed by atoms with E-state index in [4.69, 9.17) is 0 Å². The number of benzene rings is 1. The number of hydrogen-bond acceptors (Lipinski definition) is 2. The molecule has 5 nitrogen and oxygen atoms in total. The molecular weight excluding hydrogens is 242 g/mol. The first-order valence-corrected chi connectivity index (χ1v) is 6.56. The molecule has 0 saturated heterocycles. The molecule has 1 heterocycles. The fourth-order valence-electron chi connectivity index (χ4n) is 2.15. The zero-order chi connectivity index (χ0) is 13.8. The number of carbonyl (C=O) groups excluding carboxylic acids is 2. The molecule has 3 amide bonds. The molecule has 1 aromatic rings. The van der Waals surface area contributed by atoms with E-state index in [1.807, 2.05) is 25.1 Å².